The molecule has 2 aromatic rings. The molecule has 2 N–H and O–H groups in total. The Bertz CT molecular complexity index is 776. The number of carbonyl (C=O) groups is 2. The number of nitrogens with zero attached hydrogens (tertiary/aromatic N) is 2. The molecule has 0 spiro atoms. The maximum atomic E-state index is 12.2. The second-order valence-electron chi connectivity index (χ2n) is 5.63. The molecule has 0 aliphatic carbocycles. The molecule has 1 aromatic heterocycles. The molecule has 0 radical (unpaired) electrons. The van der Waals surface area contributed by atoms with Gasteiger partial charge in [-0.05, 0) is 36.6 Å². The van der Waals surface area contributed by atoms with E-state index in [-0.39, 0.29) is 17.4 Å². The molecule has 24 heavy (non-hydrogen) atoms. The molecular formula is C16H17Cl2N3O3. The Hall–Kier alpha value is -2.05. The minimum atomic E-state index is -1.60. The summed E-state index contributed by atoms with van der Waals surface area (Å²) in [6, 6.07) is 4.48. The van der Waals surface area contributed by atoms with Crippen LogP contribution in [0.2, 0.25) is 10.0 Å². The Labute approximate surface area is 149 Å². The van der Waals surface area contributed by atoms with Gasteiger partial charge in [-0.2, -0.15) is 5.10 Å². The maximum absolute atomic E-state index is 12.2. The Morgan fingerprint density at radius 1 is 1.33 bits per heavy atom. The van der Waals surface area contributed by atoms with Crippen LogP contribution in [0.1, 0.15) is 24.5 Å². The van der Waals surface area contributed by atoms with Gasteiger partial charge in [0.1, 0.15) is 0 Å². The van der Waals surface area contributed by atoms with Gasteiger partial charge in [0.15, 0.2) is 5.54 Å². The van der Waals surface area contributed by atoms with Crippen LogP contribution in [-0.2, 0) is 28.6 Å². The van der Waals surface area contributed by atoms with Crippen molar-refractivity contribution >= 4 is 35.1 Å². The summed E-state index contributed by atoms with van der Waals surface area (Å²) in [5.74, 6) is -1.56. The highest BCUT2D eigenvalue weighted by molar-refractivity contribution is 6.42. The van der Waals surface area contributed by atoms with Gasteiger partial charge >= 0.3 is 5.97 Å². The molecule has 1 amide bonds. The summed E-state index contributed by atoms with van der Waals surface area (Å²) >= 11 is 11.8. The Morgan fingerprint density at radius 3 is 2.58 bits per heavy atom. The van der Waals surface area contributed by atoms with Gasteiger partial charge in [-0.3, -0.25) is 9.48 Å². The summed E-state index contributed by atoms with van der Waals surface area (Å²) in [5.41, 5.74) is -0.349. The fourth-order valence-corrected chi connectivity index (χ4v) is 2.55. The molecule has 0 saturated carbocycles. The van der Waals surface area contributed by atoms with Crippen LogP contribution >= 0.6 is 23.2 Å². The highest BCUT2D eigenvalue weighted by atomic mass is 35.5. The second kappa shape index (κ2) is 7.23. The first kappa shape index (κ1) is 18.3. The van der Waals surface area contributed by atoms with Gasteiger partial charge in [-0.1, -0.05) is 29.3 Å². The Kier molecular flexibility index (Phi) is 5.51. The van der Waals surface area contributed by atoms with Crippen LogP contribution in [0.15, 0.2) is 30.6 Å². The highest BCUT2D eigenvalue weighted by Crippen LogP contribution is 2.29. The summed E-state index contributed by atoms with van der Waals surface area (Å²) in [7, 11) is 1.79. The van der Waals surface area contributed by atoms with E-state index in [0.717, 1.165) is 5.56 Å². The van der Waals surface area contributed by atoms with E-state index < -0.39 is 11.5 Å². The zero-order valence-corrected chi connectivity index (χ0v) is 14.7. The topological polar surface area (TPSA) is 84.2 Å². The lowest BCUT2D eigenvalue weighted by Gasteiger charge is -2.27. The largest absolute Gasteiger partial charge is 0.479 e. The van der Waals surface area contributed by atoms with E-state index in [1.807, 2.05) is 6.20 Å². The molecule has 0 saturated heterocycles. The average molecular weight is 370 g/mol. The zero-order valence-electron chi connectivity index (χ0n) is 13.2. The first-order valence-electron chi connectivity index (χ1n) is 7.20. The summed E-state index contributed by atoms with van der Waals surface area (Å²) in [6.45, 7) is 1.41. The van der Waals surface area contributed by atoms with Crippen LogP contribution in [0.25, 0.3) is 0 Å². The Morgan fingerprint density at radius 2 is 2.04 bits per heavy atom. The third kappa shape index (κ3) is 4.07. The van der Waals surface area contributed by atoms with E-state index in [1.54, 1.807) is 17.9 Å². The minimum absolute atomic E-state index is 0.149. The standard InChI is InChI=1S/C16H17Cl2N3O3/c1-16(15(23)24,11-4-5-12(17)13(18)7-11)20-14(22)6-3-10-8-19-21(2)9-10/h4-5,7-9H,3,6H2,1-2H3,(H,20,22)(H,23,24). The molecule has 128 valence electrons. The number of carbonyl (C=O) groups excluding carboxylic acids is 1. The van der Waals surface area contributed by atoms with Crippen molar-refractivity contribution in [3.05, 3.63) is 51.8 Å². The average Bonchev–Trinajstić information content (AvgIpc) is 2.93. The lowest BCUT2D eigenvalue weighted by molar-refractivity contribution is -0.147. The molecule has 1 aromatic carbocycles. The number of carboxylic acids is 1. The van der Waals surface area contributed by atoms with Crippen LogP contribution in [0.3, 0.4) is 0 Å². The van der Waals surface area contributed by atoms with Crippen molar-refractivity contribution in [1.82, 2.24) is 15.1 Å². The molecule has 1 unspecified atom stereocenters. The number of halogens is 2. The summed E-state index contributed by atoms with van der Waals surface area (Å²) < 4.78 is 1.64. The van der Waals surface area contributed by atoms with Crippen molar-refractivity contribution in [1.29, 1.82) is 0 Å². The summed E-state index contributed by atoms with van der Waals surface area (Å²) in [4.78, 5) is 23.9. The fraction of sp³-hybridized carbons (Fsp3) is 0.312. The summed E-state index contributed by atoms with van der Waals surface area (Å²) in [5, 5.41) is 16.7. The van der Waals surface area contributed by atoms with E-state index in [9.17, 15) is 14.7 Å². The van der Waals surface area contributed by atoms with Crippen molar-refractivity contribution in [2.75, 3.05) is 0 Å². The SMILES string of the molecule is Cn1cc(CCC(=O)NC(C)(C(=O)O)c2ccc(Cl)c(Cl)c2)cn1. The number of benzene rings is 1. The van der Waals surface area contributed by atoms with E-state index in [1.165, 1.54) is 25.1 Å². The fourth-order valence-electron chi connectivity index (χ4n) is 2.26. The van der Waals surface area contributed by atoms with Crippen LogP contribution in [0.4, 0.5) is 0 Å². The minimum Gasteiger partial charge on any atom is -0.479 e. The van der Waals surface area contributed by atoms with Gasteiger partial charge in [-0.15, -0.1) is 0 Å². The van der Waals surface area contributed by atoms with E-state index in [0.29, 0.717) is 17.0 Å². The Balaban J connectivity index is 2.13. The number of carboxylic acid groups (broad SMARTS) is 1. The van der Waals surface area contributed by atoms with Crippen molar-refractivity contribution < 1.29 is 14.7 Å². The molecule has 0 fully saturated rings. The summed E-state index contributed by atoms with van der Waals surface area (Å²) in [6.07, 6.45) is 4.10. The molecule has 0 bridgehead atoms. The van der Waals surface area contributed by atoms with Crippen LogP contribution in [0, 0.1) is 0 Å². The molecular weight excluding hydrogens is 353 g/mol. The van der Waals surface area contributed by atoms with Gasteiger partial charge in [-0.25, -0.2) is 4.79 Å². The highest BCUT2D eigenvalue weighted by Gasteiger charge is 2.37. The third-order valence-corrected chi connectivity index (χ3v) is 4.45. The van der Waals surface area contributed by atoms with Crippen molar-refractivity contribution in [2.24, 2.45) is 7.05 Å². The van der Waals surface area contributed by atoms with Gasteiger partial charge in [0, 0.05) is 19.7 Å². The lowest BCUT2D eigenvalue weighted by atomic mass is 9.91. The quantitative estimate of drug-likeness (QED) is 0.819. The van der Waals surface area contributed by atoms with Crippen molar-refractivity contribution in [3.63, 3.8) is 0 Å². The number of nitrogens with one attached hydrogen (secondary N) is 1. The predicted octanol–water partition coefficient (Wildman–Crippen LogP) is 2.78. The van der Waals surface area contributed by atoms with Crippen LogP contribution in [0.5, 0.6) is 0 Å². The number of hydrogen-bond donors (Lipinski definition) is 2. The molecule has 1 heterocycles. The smallest absolute Gasteiger partial charge is 0.333 e. The van der Waals surface area contributed by atoms with Gasteiger partial charge < -0.3 is 10.4 Å². The predicted molar refractivity (Wildman–Crippen MR) is 91.1 cm³/mol. The number of hydrogen-bond acceptors (Lipinski definition) is 3. The van der Waals surface area contributed by atoms with Crippen LogP contribution < -0.4 is 5.32 Å². The number of amides is 1. The first-order chi connectivity index (χ1) is 11.2. The molecule has 1 atom stereocenters. The number of aryl methyl sites for hydroxylation is 2. The van der Waals surface area contributed by atoms with E-state index in [4.69, 9.17) is 23.2 Å². The first-order valence-corrected chi connectivity index (χ1v) is 7.95. The van der Waals surface area contributed by atoms with Crippen molar-refractivity contribution in [2.45, 2.75) is 25.3 Å². The molecule has 6 nitrogen and oxygen atoms in total. The van der Waals surface area contributed by atoms with Gasteiger partial charge in [0.25, 0.3) is 0 Å². The van der Waals surface area contributed by atoms with Gasteiger partial charge in [0.2, 0.25) is 5.91 Å². The second-order valence-corrected chi connectivity index (χ2v) is 6.44. The zero-order chi connectivity index (χ0) is 17.9. The number of aromatic nitrogens is 2. The van der Waals surface area contributed by atoms with Crippen LogP contribution in [-0.4, -0.2) is 26.8 Å². The third-order valence-electron chi connectivity index (χ3n) is 3.71. The normalized spacial score (nSPS) is 13.3. The number of rotatable bonds is 6. The van der Waals surface area contributed by atoms with Gasteiger partial charge in [0.05, 0.1) is 16.2 Å². The monoisotopic (exact) mass is 369 g/mol. The molecule has 0 aliphatic rings. The van der Waals surface area contributed by atoms with E-state index in [2.05, 4.69) is 10.4 Å². The molecule has 0 aliphatic heterocycles. The molecule has 2 rings (SSSR count). The number of aliphatic carboxylic acids is 1. The maximum Gasteiger partial charge on any atom is 0.333 e. The lowest BCUT2D eigenvalue weighted by Crippen LogP contribution is -2.49. The molecule has 8 heteroatoms. The van der Waals surface area contributed by atoms with Crippen molar-refractivity contribution in [3.8, 4) is 0 Å². The van der Waals surface area contributed by atoms with E-state index >= 15 is 0 Å².